The third kappa shape index (κ3) is 7.21. The van der Waals surface area contributed by atoms with E-state index in [1.165, 1.54) is 11.1 Å². The predicted octanol–water partition coefficient (Wildman–Crippen LogP) is 4.13. The van der Waals surface area contributed by atoms with Crippen molar-refractivity contribution in [3.05, 3.63) is 83.4 Å². The number of carbonyl (C=O) groups is 1. The van der Waals surface area contributed by atoms with Crippen molar-refractivity contribution < 1.29 is 19.0 Å². The maximum absolute atomic E-state index is 11.5. The lowest BCUT2D eigenvalue weighted by molar-refractivity contribution is -0.150. The molecule has 0 aliphatic heterocycles. The third-order valence-corrected chi connectivity index (χ3v) is 3.76. The molecule has 0 bridgehead atoms. The molecule has 4 heteroatoms. The van der Waals surface area contributed by atoms with Gasteiger partial charge in [0, 0.05) is 6.08 Å². The van der Waals surface area contributed by atoms with E-state index in [0.717, 1.165) is 17.2 Å². The zero-order chi connectivity index (χ0) is 18.8. The molecule has 0 fully saturated rings. The Morgan fingerprint density at radius 2 is 1.46 bits per heavy atom. The van der Waals surface area contributed by atoms with Crippen LogP contribution >= 0.6 is 0 Å². The minimum absolute atomic E-state index is 0.265. The molecule has 2 aromatic carbocycles. The van der Waals surface area contributed by atoms with E-state index < -0.39 is 12.1 Å². The van der Waals surface area contributed by atoms with Gasteiger partial charge in [-0.2, -0.15) is 0 Å². The van der Waals surface area contributed by atoms with Crippen molar-refractivity contribution in [1.29, 1.82) is 0 Å². The van der Waals surface area contributed by atoms with Crippen LogP contribution < -0.4 is 0 Å². The Labute approximate surface area is 155 Å². The molecule has 0 unspecified atom stereocenters. The first kappa shape index (κ1) is 19.9. The van der Waals surface area contributed by atoms with E-state index in [0.29, 0.717) is 13.2 Å². The van der Waals surface area contributed by atoms with E-state index in [4.69, 9.17) is 14.2 Å². The summed E-state index contributed by atoms with van der Waals surface area (Å²) in [4.78, 5) is 11.5. The second kappa shape index (κ2) is 10.5. The quantitative estimate of drug-likeness (QED) is 0.475. The van der Waals surface area contributed by atoms with E-state index in [9.17, 15) is 4.79 Å². The first-order valence-corrected chi connectivity index (χ1v) is 8.66. The zero-order valence-corrected chi connectivity index (χ0v) is 15.4. The van der Waals surface area contributed by atoms with Crippen LogP contribution in [0.2, 0.25) is 0 Å². The molecule has 0 atom stereocenters. The van der Waals surface area contributed by atoms with Crippen molar-refractivity contribution in [1.82, 2.24) is 0 Å². The molecule has 2 rings (SSSR count). The monoisotopic (exact) mass is 354 g/mol. The lowest BCUT2D eigenvalue weighted by Gasteiger charge is -2.18. The van der Waals surface area contributed by atoms with Crippen LogP contribution in [0.5, 0.6) is 0 Å². The third-order valence-electron chi connectivity index (χ3n) is 3.76. The van der Waals surface area contributed by atoms with Gasteiger partial charge in [0.2, 0.25) is 0 Å². The number of benzene rings is 2. The SMILES string of the molecule is C=CC(=O)OC(COCc1cccc(C)c1)COCc1cccc(C)c1. The Kier molecular flexibility index (Phi) is 8.06. The summed E-state index contributed by atoms with van der Waals surface area (Å²) < 4.78 is 16.7. The van der Waals surface area contributed by atoms with Gasteiger partial charge in [-0.15, -0.1) is 0 Å². The first-order valence-electron chi connectivity index (χ1n) is 8.66. The number of hydrogen-bond acceptors (Lipinski definition) is 4. The fraction of sp³-hybridized carbons (Fsp3) is 0.318. The van der Waals surface area contributed by atoms with Gasteiger partial charge in [0.1, 0.15) is 6.10 Å². The average molecular weight is 354 g/mol. The summed E-state index contributed by atoms with van der Waals surface area (Å²) in [7, 11) is 0. The predicted molar refractivity (Wildman–Crippen MR) is 102 cm³/mol. The second-order valence-electron chi connectivity index (χ2n) is 6.27. The highest BCUT2D eigenvalue weighted by Crippen LogP contribution is 2.08. The molecule has 0 saturated heterocycles. The Morgan fingerprint density at radius 3 is 1.88 bits per heavy atom. The molecule has 0 aromatic heterocycles. The van der Waals surface area contributed by atoms with Crippen LogP contribution in [0.4, 0.5) is 0 Å². The van der Waals surface area contributed by atoms with Gasteiger partial charge < -0.3 is 14.2 Å². The van der Waals surface area contributed by atoms with Crippen LogP contribution in [0.3, 0.4) is 0 Å². The van der Waals surface area contributed by atoms with Crippen LogP contribution in [0.15, 0.2) is 61.2 Å². The zero-order valence-electron chi connectivity index (χ0n) is 15.4. The highest BCUT2D eigenvalue weighted by atomic mass is 16.6. The van der Waals surface area contributed by atoms with E-state index in [2.05, 4.69) is 18.7 Å². The molecular formula is C22H26O4. The summed E-state index contributed by atoms with van der Waals surface area (Å²) in [6.07, 6.45) is 0.670. The minimum atomic E-state index is -0.478. The number of hydrogen-bond donors (Lipinski definition) is 0. The summed E-state index contributed by atoms with van der Waals surface area (Å²) in [6.45, 7) is 8.96. The largest absolute Gasteiger partial charge is 0.454 e. The molecule has 138 valence electrons. The smallest absolute Gasteiger partial charge is 0.330 e. The topological polar surface area (TPSA) is 44.8 Å². The lowest BCUT2D eigenvalue weighted by Crippen LogP contribution is -2.28. The number of aryl methyl sites for hydroxylation is 2. The molecule has 0 heterocycles. The summed E-state index contributed by atoms with van der Waals surface area (Å²) in [5.74, 6) is -0.478. The number of carbonyl (C=O) groups excluding carboxylic acids is 1. The standard InChI is InChI=1S/C22H26O4/c1-4-22(23)26-21(15-24-13-19-9-5-7-17(2)11-19)16-25-14-20-10-6-8-18(3)12-20/h4-12,21H,1,13-16H2,2-3H3. The molecule has 0 aliphatic carbocycles. The van der Waals surface area contributed by atoms with Crippen molar-refractivity contribution in [2.45, 2.75) is 33.2 Å². The maximum atomic E-state index is 11.5. The van der Waals surface area contributed by atoms with Gasteiger partial charge >= 0.3 is 5.97 Å². The van der Waals surface area contributed by atoms with Gasteiger partial charge in [-0.25, -0.2) is 4.79 Å². The first-order chi connectivity index (χ1) is 12.6. The molecule has 0 aliphatic rings. The summed E-state index contributed by atoms with van der Waals surface area (Å²) >= 11 is 0. The maximum Gasteiger partial charge on any atom is 0.330 e. The fourth-order valence-electron chi connectivity index (χ4n) is 2.55. The van der Waals surface area contributed by atoms with E-state index in [1.807, 2.05) is 50.2 Å². The van der Waals surface area contributed by atoms with Gasteiger partial charge in [-0.05, 0) is 25.0 Å². The van der Waals surface area contributed by atoms with Crippen molar-refractivity contribution in [2.75, 3.05) is 13.2 Å². The molecule has 4 nitrogen and oxygen atoms in total. The number of esters is 1. The van der Waals surface area contributed by atoms with E-state index in [1.54, 1.807) is 0 Å². The second-order valence-corrected chi connectivity index (χ2v) is 6.27. The van der Waals surface area contributed by atoms with Gasteiger partial charge in [0.05, 0.1) is 26.4 Å². The van der Waals surface area contributed by atoms with Gasteiger partial charge in [0.25, 0.3) is 0 Å². The van der Waals surface area contributed by atoms with Gasteiger partial charge in [-0.1, -0.05) is 66.2 Å². The summed E-state index contributed by atoms with van der Waals surface area (Å²) in [6, 6.07) is 16.2. The lowest BCUT2D eigenvalue weighted by atomic mass is 10.1. The Bertz CT molecular complexity index is 672. The van der Waals surface area contributed by atoms with Crippen LogP contribution in [-0.4, -0.2) is 25.3 Å². The summed E-state index contributed by atoms with van der Waals surface area (Å²) in [5.41, 5.74) is 4.53. The highest BCUT2D eigenvalue weighted by molar-refractivity contribution is 5.81. The van der Waals surface area contributed by atoms with E-state index >= 15 is 0 Å². The molecule has 0 saturated carbocycles. The van der Waals surface area contributed by atoms with Gasteiger partial charge in [-0.3, -0.25) is 0 Å². The number of rotatable bonds is 10. The van der Waals surface area contributed by atoms with Crippen molar-refractivity contribution >= 4 is 5.97 Å². The Morgan fingerprint density at radius 1 is 0.962 bits per heavy atom. The average Bonchev–Trinajstić information content (AvgIpc) is 2.61. The molecule has 2 aromatic rings. The molecule has 0 radical (unpaired) electrons. The molecule has 0 amide bonds. The van der Waals surface area contributed by atoms with Crippen LogP contribution in [-0.2, 0) is 32.2 Å². The molecular weight excluding hydrogens is 328 g/mol. The Hall–Kier alpha value is -2.43. The van der Waals surface area contributed by atoms with Crippen molar-refractivity contribution in [2.24, 2.45) is 0 Å². The van der Waals surface area contributed by atoms with E-state index in [-0.39, 0.29) is 13.2 Å². The molecule has 0 spiro atoms. The number of ether oxygens (including phenoxy) is 3. The fourth-order valence-corrected chi connectivity index (χ4v) is 2.55. The van der Waals surface area contributed by atoms with Crippen LogP contribution in [0.25, 0.3) is 0 Å². The van der Waals surface area contributed by atoms with Crippen molar-refractivity contribution in [3.63, 3.8) is 0 Å². The Balaban J connectivity index is 1.82. The highest BCUT2D eigenvalue weighted by Gasteiger charge is 2.14. The summed E-state index contributed by atoms with van der Waals surface area (Å²) in [5, 5.41) is 0. The normalized spacial score (nSPS) is 10.7. The van der Waals surface area contributed by atoms with Crippen LogP contribution in [0, 0.1) is 13.8 Å². The molecule has 26 heavy (non-hydrogen) atoms. The molecule has 0 N–H and O–H groups in total. The van der Waals surface area contributed by atoms with Crippen LogP contribution in [0.1, 0.15) is 22.3 Å². The van der Waals surface area contributed by atoms with Crippen molar-refractivity contribution in [3.8, 4) is 0 Å². The minimum Gasteiger partial charge on any atom is -0.454 e. The van der Waals surface area contributed by atoms with Gasteiger partial charge in [0.15, 0.2) is 0 Å².